The minimum Gasteiger partial charge on any atom is -0.469 e. The highest BCUT2D eigenvalue weighted by Crippen LogP contribution is 2.34. The molecule has 0 saturated carbocycles. The molecule has 2 atom stereocenters. The van der Waals surface area contributed by atoms with Crippen molar-refractivity contribution in [1.29, 1.82) is 0 Å². The lowest BCUT2D eigenvalue weighted by Crippen LogP contribution is -2.32. The van der Waals surface area contributed by atoms with Crippen molar-refractivity contribution in [2.45, 2.75) is 19.4 Å². The van der Waals surface area contributed by atoms with Gasteiger partial charge in [-0.15, -0.1) is 0 Å². The molecule has 24 heavy (non-hydrogen) atoms. The first kappa shape index (κ1) is 16.2. The summed E-state index contributed by atoms with van der Waals surface area (Å²) in [7, 11) is 1.37. The van der Waals surface area contributed by atoms with Gasteiger partial charge in [-0.05, 0) is 18.1 Å². The first-order valence-corrected chi connectivity index (χ1v) is 8.09. The molecule has 4 heteroatoms. The zero-order chi connectivity index (χ0) is 17.1. The Hall–Kier alpha value is -2.62. The first-order valence-electron chi connectivity index (χ1n) is 8.09. The van der Waals surface area contributed by atoms with Crippen LogP contribution >= 0.6 is 0 Å². The Kier molecular flexibility index (Phi) is 4.65. The van der Waals surface area contributed by atoms with Crippen molar-refractivity contribution in [3.8, 4) is 0 Å². The maximum absolute atomic E-state index is 12.6. The van der Waals surface area contributed by atoms with Gasteiger partial charge in [0.15, 0.2) is 0 Å². The van der Waals surface area contributed by atoms with E-state index in [1.807, 2.05) is 61.5 Å². The summed E-state index contributed by atoms with van der Waals surface area (Å²) >= 11 is 0. The monoisotopic (exact) mass is 323 g/mol. The summed E-state index contributed by atoms with van der Waals surface area (Å²) < 4.78 is 4.82. The predicted molar refractivity (Wildman–Crippen MR) is 91.3 cm³/mol. The van der Waals surface area contributed by atoms with E-state index in [0.717, 1.165) is 11.1 Å². The zero-order valence-corrected chi connectivity index (χ0v) is 13.9. The number of rotatable bonds is 4. The fraction of sp³-hybridized carbons (Fsp3) is 0.300. The highest BCUT2D eigenvalue weighted by atomic mass is 16.5. The minimum atomic E-state index is -0.390. The van der Waals surface area contributed by atoms with Crippen molar-refractivity contribution < 1.29 is 14.3 Å². The lowest BCUT2D eigenvalue weighted by atomic mass is 9.96. The van der Waals surface area contributed by atoms with Gasteiger partial charge in [0.25, 0.3) is 0 Å². The highest BCUT2D eigenvalue weighted by Gasteiger charge is 2.39. The molecular weight excluding hydrogens is 302 g/mol. The number of nitrogens with zero attached hydrogens (tertiary/aromatic N) is 1. The third-order valence-corrected chi connectivity index (χ3v) is 4.51. The topological polar surface area (TPSA) is 46.6 Å². The van der Waals surface area contributed by atoms with Crippen molar-refractivity contribution in [2.24, 2.45) is 5.92 Å². The Labute approximate surface area is 142 Å². The third kappa shape index (κ3) is 3.18. The van der Waals surface area contributed by atoms with Crippen LogP contribution in [-0.2, 0) is 14.3 Å². The summed E-state index contributed by atoms with van der Waals surface area (Å²) in [6, 6.07) is 17.9. The third-order valence-electron chi connectivity index (χ3n) is 4.51. The van der Waals surface area contributed by atoms with E-state index < -0.39 is 0 Å². The molecule has 4 nitrogen and oxygen atoms in total. The molecule has 0 radical (unpaired) electrons. The molecule has 1 saturated heterocycles. The summed E-state index contributed by atoms with van der Waals surface area (Å²) in [6.07, 6.45) is 0.210. The van der Waals surface area contributed by atoms with Crippen LogP contribution in [0.4, 0.5) is 0 Å². The average Bonchev–Trinajstić information content (AvgIpc) is 2.99. The molecule has 1 aliphatic rings. The number of aryl methyl sites for hydroxylation is 1. The summed E-state index contributed by atoms with van der Waals surface area (Å²) in [5, 5.41) is 0. The van der Waals surface area contributed by atoms with E-state index in [1.54, 1.807) is 4.90 Å². The Morgan fingerprint density at radius 3 is 2.33 bits per heavy atom. The van der Waals surface area contributed by atoms with E-state index in [2.05, 4.69) is 0 Å². The second-order valence-corrected chi connectivity index (χ2v) is 6.19. The smallest absolute Gasteiger partial charge is 0.310 e. The number of ether oxygens (including phenoxy) is 1. The standard InChI is InChI=1S/C20H21NO3/c1-14-8-10-16(11-9-14)19(15-6-4-3-5-7-15)21-13-17(12-18(21)22)20(23)24-2/h3-11,17,19H,12-13H2,1-2H3. The molecule has 1 aliphatic heterocycles. The molecule has 0 aliphatic carbocycles. The number of esters is 1. The Bertz CT molecular complexity index is 724. The van der Waals surface area contributed by atoms with Crippen molar-refractivity contribution >= 4 is 11.9 Å². The summed E-state index contributed by atoms with van der Waals surface area (Å²) in [5.41, 5.74) is 3.26. The van der Waals surface area contributed by atoms with Gasteiger partial charge in [-0.25, -0.2) is 0 Å². The minimum absolute atomic E-state index is 0.0140. The molecule has 1 amide bonds. The molecule has 0 N–H and O–H groups in total. The molecule has 2 unspecified atom stereocenters. The van der Waals surface area contributed by atoms with Crippen LogP contribution in [0.3, 0.4) is 0 Å². The van der Waals surface area contributed by atoms with E-state index in [1.165, 1.54) is 12.7 Å². The highest BCUT2D eigenvalue weighted by molar-refractivity contribution is 5.87. The van der Waals surface area contributed by atoms with E-state index in [4.69, 9.17) is 4.74 Å². The maximum Gasteiger partial charge on any atom is 0.310 e. The molecule has 3 rings (SSSR count). The molecular formula is C20H21NO3. The number of carbonyl (C=O) groups is 2. The number of benzene rings is 2. The van der Waals surface area contributed by atoms with Gasteiger partial charge in [0.2, 0.25) is 5.91 Å². The predicted octanol–water partition coefficient (Wildman–Crippen LogP) is 3.11. The number of hydrogen-bond acceptors (Lipinski definition) is 3. The van der Waals surface area contributed by atoms with Crippen LogP contribution in [0, 0.1) is 12.8 Å². The van der Waals surface area contributed by atoms with Gasteiger partial charge in [0.05, 0.1) is 19.1 Å². The summed E-state index contributed by atoms with van der Waals surface area (Å²) in [5.74, 6) is -0.722. The van der Waals surface area contributed by atoms with Crippen LogP contribution in [0.2, 0.25) is 0 Å². The molecule has 0 bridgehead atoms. The second-order valence-electron chi connectivity index (χ2n) is 6.19. The lowest BCUT2D eigenvalue weighted by molar-refractivity contribution is -0.145. The van der Waals surface area contributed by atoms with Gasteiger partial charge in [-0.1, -0.05) is 60.2 Å². The largest absolute Gasteiger partial charge is 0.469 e. The van der Waals surface area contributed by atoms with Crippen molar-refractivity contribution in [2.75, 3.05) is 13.7 Å². The van der Waals surface area contributed by atoms with E-state index in [9.17, 15) is 9.59 Å². The molecule has 0 aromatic heterocycles. The molecule has 0 spiro atoms. The van der Waals surface area contributed by atoms with Gasteiger partial charge in [0.1, 0.15) is 0 Å². The van der Waals surface area contributed by atoms with Gasteiger partial charge in [-0.2, -0.15) is 0 Å². The number of methoxy groups -OCH3 is 1. The van der Waals surface area contributed by atoms with E-state index in [0.29, 0.717) is 6.54 Å². The zero-order valence-electron chi connectivity index (χ0n) is 13.9. The second kappa shape index (κ2) is 6.87. The average molecular weight is 323 g/mol. The fourth-order valence-corrected chi connectivity index (χ4v) is 3.24. The van der Waals surface area contributed by atoms with Gasteiger partial charge in [-0.3, -0.25) is 9.59 Å². The number of hydrogen-bond donors (Lipinski definition) is 0. The Morgan fingerprint density at radius 2 is 1.71 bits per heavy atom. The number of carbonyl (C=O) groups excluding carboxylic acids is 2. The Morgan fingerprint density at radius 1 is 1.08 bits per heavy atom. The van der Waals surface area contributed by atoms with Crippen LogP contribution < -0.4 is 0 Å². The Balaban J connectivity index is 1.98. The van der Waals surface area contributed by atoms with Crippen LogP contribution in [0.25, 0.3) is 0 Å². The fourth-order valence-electron chi connectivity index (χ4n) is 3.24. The van der Waals surface area contributed by atoms with Crippen LogP contribution in [-0.4, -0.2) is 30.4 Å². The van der Waals surface area contributed by atoms with Crippen LogP contribution in [0.15, 0.2) is 54.6 Å². The van der Waals surface area contributed by atoms with E-state index >= 15 is 0 Å². The lowest BCUT2D eigenvalue weighted by Gasteiger charge is -2.29. The molecule has 1 fully saturated rings. The summed E-state index contributed by atoms with van der Waals surface area (Å²) in [4.78, 5) is 26.2. The van der Waals surface area contributed by atoms with Crippen LogP contribution in [0.1, 0.15) is 29.2 Å². The number of amides is 1. The van der Waals surface area contributed by atoms with Gasteiger partial charge >= 0.3 is 5.97 Å². The van der Waals surface area contributed by atoms with Crippen LogP contribution in [0.5, 0.6) is 0 Å². The quantitative estimate of drug-likeness (QED) is 0.812. The first-order chi connectivity index (χ1) is 11.6. The van der Waals surface area contributed by atoms with Gasteiger partial charge < -0.3 is 9.64 Å². The molecule has 124 valence electrons. The normalized spacial score (nSPS) is 18.5. The SMILES string of the molecule is COC(=O)C1CC(=O)N(C(c2ccccc2)c2ccc(C)cc2)C1. The maximum atomic E-state index is 12.6. The number of likely N-dealkylation sites (tertiary alicyclic amines) is 1. The molecule has 1 heterocycles. The van der Waals surface area contributed by atoms with Crippen molar-refractivity contribution in [3.63, 3.8) is 0 Å². The van der Waals surface area contributed by atoms with Crippen molar-refractivity contribution in [1.82, 2.24) is 4.90 Å². The summed E-state index contributed by atoms with van der Waals surface area (Å²) in [6.45, 7) is 2.43. The molecule has 2 aromatic rings. The van der Waals surface area contributed by atoms with Gasteiger partial charge in [0, 0.05) is 13.0 Å². The van der Waals surface area contributed by atoms with E-state index in [-0.39, 0.29) is 30.3 Å². The molecule has 2 aromatic carbocycles. The van der Waals surface area contributed by atoms with Crippen molar-refractivity contribution in [3.05, 3.63) is 71.3 Å².